The highest BCUT2D eigenvalue weighted by Crippen LogP contribution is 2.23. The normalized spacial score (nSPS) is 38.4. The fraction of sp³-hybridized carbons (Fsp3) is 1.00. The molecule has 0 spiro atoms. The van der Waals surface area contributed by atoms with Crippen LogP contribution in [0.15, 0.2) is 0 Å². The molecule has 2 rings (SSSR count). The van der Waals surface area contributed by atoms with Gasteiger partial charge in [-0.25, -0.2) is 0 Å². The number of likely N-dealkylation sites (tertiary alicyclic amines) is 1. The number of hydrogen-bond acceptors (Lipinski definition) is 3. The highest BCUT2D eigenvalue weighted by Gasteiger charge is 2.27. The zero-order valence-electron chi connectivity index (χ0n) is 9.82. The molecular formula is C12H24N2O. The topological polar surface area (TPSA) is 38.5 Å². The Morgan fingerprint density at radius 2 is 2.27 bits per heavy atom. The maximum Gasteiger partial charge on any atom is 0.0702 e. The van der Waals surface area contributed by atoms with Crippen LogP contribution in [0.5, 0.6) is 0 Å². The molecule has 2 aliphatic heterocycles. The molecule has 15 heavy (non-hydrogen) atoms. The van der Waals surface area contributed by atoms with E-state index in [1.54, 1.807) is 0 Å². The summed E-state index contributed by atoms with van der Waals surface area (Å²) in [4.78, 5) is 2.56. The molecule has 3 heteroatoms. The Kier molecular flexibility index (Phi) is 4.00. The average Bonchev–Trinajstić information content (AvgIpc) is 2.71. The standard InChI is InChI=1S/C12H24N2O/c1-10-8-14(5-4-11(10)7-13)9-12-3-2-6-15-12/h10-12H,2-9,13H2,1H3. The van der Waals surface area contributed by atoms with Crippen LogP contribution in [0.1, 0.15) is 26.2 Å². The molecule has 88 valence electrons. The van der Waals surface area contributed by atoms with E-state index in [0.29, 0.717) is 6.10 Å². The van der Waals surface area contributed by atoms with E-state index in [1.807, 2.05) is 0 Å². The van der Waals surface area contributed by atoms with E-state index in [0.717, 1.165) is 31.5 Å². The molecule has 2 fully saturated rings. The van der Waals surface area contributed by atoms with Crippen LogP contribution in [0.3, 0.4) is 0 Å². The summed E-state index contributed by atoms with van der Waals surface area (Å²) in [5, 5.41) is 0. The first-order chi connectivity index (χ1) is 7.29. The third-order valence-electron chi connectivity index (χ3n) is 3.96. The molecule has 3 atom stereocenters. The van der Waals surface area contributed by atoms with Crippen molar-refractivity contribution in [3.05, 3.63) is 0 Å². The average molecular weight is 212 g/mol. The van der Waals surface area contributed by atoms with E-state index in [1.165, 1.54) is 32.4 Å². The molecule has 3 unspecified atom stereocenters. The van der Waals surface area contributed by atoms with E-state index in [9.17, 15) is 0 Å². The lowest BCUT2D eigenvalue weighted by Crippen LogP contribution is -2.44. The molecule has 0 aliphatic carbocycles. The van der Waals surface area contributed by atoms with Gasteiger partial charge in [-0.1, -0.05) is 6.92 Å². The van der Waals surface area contributed by atoms with Crippen molar-refractivity contribution in [1.82, 2.24) is 4.90 Å². The summed E-state index contributed by atoms with van der Waals surface area (Å²) in [5.74, 6) is 1.50. The second-order valence-electron chi connectivity index (χ2n) is 5.16. The van der Waals surface area contributed by atoms with Gasteiger partial charge in [0.05, 0.1) is 6.10 Å². The predicted octanol–water partition coefficient (Wildman–Crippen LogP) is 1.08. The van der Waals surface area contributed by atoms with Crippen LogP contribution >= 0.6 is 0 Å². The molecule has 0 aromatic heterocycles. The largest absolute Gasteiger partial charge is 0.377 e. The van der Waals surface area contributed by atoms with Crippen LogP contribution in [0.4, 0.5) is 0 Å². The lowest BCUT2D eigenvalue weighted by Gasteiger charge is -2.37. The Morgan fingerprint density at radius 3 is 2.87 bits per heavy atom. The van der Waals surface area contributed by atoms with Crippen molar-refractivity contribution in [3.63, 3.8) is 0 Å². The summed E-state index contributed by atoms with van der Waals surface area (Å²) in [6, 6.07) is 0. The third kappa shape index (κ3) is 2.92. The van der Waals surface area contributed by atoms with Crippen LogP contribution in [-0.2, 0) is 4.74 Å². The van der Waals surface area contributed by atoms with Gasteiger partial charge < -0.3 is 15.4 Å². The molecule has 0 aromatic carbocycles. The lowest BCUT2D eigenvalue weighted by atomic mass is 9.87. The number of rotatable bonds is 3. The Labute approximate surface area is 93.0 Å². The molecule has 3 nitrogen and oxygen atoms in total. The van der Waals surface area contributed by atoms with Crippen LogP contribution < -0.4 is 5.73 Å². The van der Waals surface area contributed by atoms with Crippen molar-refractivity contribution in [2.75, 3.05) is 32.8 Å². The second kappa shape index (κ2) is 5.28. The van der Waals surface area contributed by atoms with E-state index in [2.05, 4.69) is 11.8 Å². The molecule has 2 N–H and O–H groups in total. The highest BCUT2D eigenvalue weighted by atomic mass is 16.5. The fourth-order valence-corrected chi connectivity index (χ4v) is 2.87. The summed E-state index contributed by atoms with van der Waals surface area (Å²) in [6.45, 7) is 7.73. The predicted molar refractivity (Wildman–Crippen MR) is 61.7 cm³/mol. The van der Waals surface area contributed by atoms with Gasteiger partial charge in [0.1, 0.15) is 0 Å². The van der Waals surface area contributed by atoms with Gasteiger partial charge in [-0.15, -0.1) is 0 Å². The highest BCUT2D eigenvalue weighted by molar-refractivity contribution is 4.80. The number of nitrogens with two attached hydrogens (primary N) is 1. The van der Waals surface area contributed by atoms with Crippen molar-refractivity contribution in [2.24, 2.45) is 17.6 Å². The van der Waals surface area contributed by atoms with Crippen LogP contribution in [0.25, 0.3) is 0 Å². The Balaban J connectivity index is 1.75. The lowest BCUT2D eigenvalue weighted by molar-refractivity contribution is 0.0469. The smallest absolute Gasteiger partial charge is 0.0702 e. The van der Waals surface area contributed by atoms with E-state index >= 15 is 0 Å². The molecule has 0 amide bonds. The first-order valence-electron chi connectivity index (χ1n) is 6.33. The summed E-state index contributed by atoms with van der Waals surface area (Å²) in [5.41, 5.74) is 5.76. The minimum absolute atomic E-state index is 0.506. The summed E-state index contributed by atoms with van der Waals surface area (Å²) < 4.78 is 5.68. The van der Waals surface area contributed by atoms with Gasteiger partial charge in [-0.2, -0.15) is 0 Å². The Morgan fingerprint density at radius 1 is 1.40 bits per heavy atom. The van der Waals surface area contributed by atoms with Crippen molar-refractivity contribution in [2.45, 2.75) is 32.3 Å². The van der Waals surface area contributed by atoms with Gasteiger partial charge in [0.15, 0.2) is 0 Å². The molecular weight excluding hydrogens is 188 g/mol. The summed E-state index contributed by atoms with van der Waals surface area (Å²) in [7, 11) is 0. The third-order valence-corrected chi connectivity index (χ3v) is 3.96. The van der Waals surface area contributed by atoms with Gasteiger partial charge in [-0.3, -0.25) is 0 Å². The SMILES string of the molecule is CC1CN(CC2CCCO2)CCC1CN. The van der Waals surface area contributed by atoms with Gasteiger partial charge in [0.25, 0.3) is 0 Å². The van der Waals surface area contributed by atoms with Gasteiger partial charge in [0, 0.05) is 19.7 Å². The minimum atomic E-state index is 0.506. The molecule has 2 aliphatic rings. The van der Waals surface area contributed by atoms with Gasteiger partial charge in [0.2, 0.25) is 0 Å². The molecule has 0 saturated carbocycles. The van der Waals surface area contributed by atoms with Crippen LogP contribution in [0, 0.1) is 11.8 Å². The molecule has 0 radical (unpaired) electrons. The molecule has 2 saturated heterocycles. The number of ether oxygens (including phenoxy) is 1. The first kappa shape index (κ1) is 11.4. The zero-order chi connectivity index (χ0) is 10.7. The second-order valence-corrected chi connectivity index (χ2v) is 5.16. The number of nitrogens with zero attached hydrogens (tertiary/aromatic N) is 1. The fourth-order valence-electron chi connectivity index (χ4n) is 2.87. The van der Waals surface area contributed by atoms with E-state index in [-0.39, 0.29) is 0 Å². The summed E-state index contributed by atoms with van der Waals surface area (Å²) >= 11 is 0. The minimum Gasteiger partial charge on any atom is -0.377 e. The summed E-state index contributed by atoms with van der Waals surface area (Å²) in [6.07, 6.45) is 4.28. The monoisotopic (exact) mass is 212 g/mol. The van der Waals surface area contributed by atoms with Crippen LogP contribution in [-0.4, -0.2) is 43.8 Å². The maximum atomic E-state index is 5.76. The molecule has 0 bridgehead atoms. The van der Waals surface area contributed by atoms with Crippen molar-refractivity contribution in [1.29, 1.82) is 0 Å². The van der Waals surface area contributed by atoms with E-state index < -0.39 is 0 Å². The number of piperidine rings is 1. The van der Waals surface area contributed by atoms with Crippen molar-refractivity contribution < 1.29 is 4.74 Å². The van der Waals surface area contributed by atoms with Crippen molar-refractivity contribution in [3.8, 4) is 0 Å². The van der Waals surface area contributed by atoms with Crippen molar-refractivity contribution >= 4 is 0 Å². The molecule has 2 heterocycles. The Bertz CT molecular complexity index is 192. The maximum absolute atomic E-state index is 5.76. The van der Waals surface area contributed by atoms with Gasteiger partial charge >= 0.3 is 0 Å². The zero-order valence-corrected chi connectivity index (χ0v) is 9.82. The van der Waals surface area contributed by atoms with E-state index in [4.69, 9.17) is 10.5 Å². The quantitative estimate of drug-likeness (QED) is 0.761. The first-order valence-corrected chi connectivity index (χ1v) is 6.33. The van der Waals surface area contributed by atoms with Crippen LogP contribution in [0.2, 0.25) is 0 Å². The van der Waals surface area contributed by atoms with Gasteiger partial charge in [-0.05, 0) is 44.2 Å². The number of hydrogen-bond donors (Lipinski definition) is 1. The Hall–Kier alpha value is -0.120. The molecule has 0 aromatic rings.